The molecular formula is C9H12N6O3S2. The predicted molar refractivity (Wildman–Crippen MR) is 71.8 cm³/mol. The van der Waals surface area contributed by atoms with E-state index in [1.165, 1.54) is 22.2 Å². The molecule has 1 N–H and O–H groups in total. The molecule has 11 heteroatoms. The maximum absolute atomic E-state index is 11.7. The Labute approximate surface area is 118 Å². The number of rotatable bonds is 5. The second-order valence-corrected chi connectivity index (χ2v) is 7.47. The van der Waals surface area contributed by atoms with Crippen LogP contribution in [0.4, 0.5) is 5.13 Å². The molecule has 0 aliphatic rings. The molecule has 0 radical (unpaired) electrons. The van der Waals surface area contributed by atoms with E-state index in [1.54, 1.807) is 6.92 Å². The number of nitrogens with zero attached hydrogens (tertiary/aromatic N) is 5. The molecule has 1 amide bonds. The number of anilines is 1. The van der Waals surface area contributed by atoms with Gasteiger partial charge in [-0.15, -0.1) is 15.3 Å². The highest BCUT2D eigenvalue weighted by molar-refractivity contribution is 7.89. The van der Waals surface area contributed by atoms with E-state index in [9.17, 15) is 13.2 Å². The van der Waals surface area contributed by atoms with Crippen LogP contribution in [0.25, 0.3) is 0 Å². The Morgan fingerprint density at radius 3 is 2.75 bits per heavy atom. The topological polar surface area (TPSA) is 120 Å². The summed E-state index contributed by atoms with van der Waals surface area (Å²) < 4.78 is 23.5. The van der Waals surface area contributed by atoms with Gasteiger partial charge in [0.05, 0.1) is 17.6 Å². The summed E-state index contributed by atoms with van der Waals surface area (Å²) in [6, 6.07) is 0. The van der Waals surface area contributed by atoms with Crippen LogP contribution in [-0.2, 0) is 26.9 Å². The second-order valence-electron chi connectivity index (χ2n) is 4.15. The molecule has 2 aromatic rings. The molecule has 2 aromatic heterocycles. The monoisotopic (exact) mass is 316 g/mol. The van der Waals surface area contributed by atoms with E-state index in [2.05, 4.69) is 25.8 Å². The average Bonchev–Trinajstić information content (AvgIpc) is 2.86. The zero-order valence-electron chi connectivity index (χ0n) is 10.8. The molecule has 0 saturated carbocycles. The minimum absolute atomic E-state index is 0.0740. The SMILES string of the molecule is Cc1nnc(NC(=O)Cn2cc(CS(C)(=O)=O)nn2)s1. The zero-order chi connectivity index (χ0) is 14.8. The van der Waals surface area contributed by atoms with Gasteiger partial charge in [-0.05, 0) is 6.92 Å². The van der Waals surface area contributed by atoms with Gasteiger partial charge in [-0.2, -0.15) is 0 Å². The summed E-state index contributed by atoms with van der Waals surface area (Å²) in [5.74, 6) is -0.540. The Morgan fingerprint density at radius 2 is 2.15 bits per heavy atom. The number of carbonyl (C=O) groups excluding carboxylic acids is 1. The van der Waals surface area contributed by atoms with Gasteiger partial charge in [-0.3, -0.25) is 10.1 Å². The molecule has 108 valence electrons. The molecule has 9 nitrogen and oxygen atoms in total. The number of hydrogen-bond donors (Lipinski definition) is 1. The molecule has 2 heterocycles. The number of amides is 1. The highest BCUT2D eigenvalue weighted by Crippen LogP contribution is 2.13. The van der Waals surface area contributed by atoms with Gasteiger partial charge in [0.1, 0.15) is 11.6 Å². The third kappa shape index (κ3) is 4.35. The summed E-state index contributed by atoms with van der Waals surface area (Å²) in [5, 5.41) is 18.6. The summed E-state index contributed by atoms with van der Waals surface area (Å²) in [6.45, 7) is 1.71. The van der Waals surface area contributed by atoms with Crippen molar-refractivity contribution < 1.29 is 13.2 Å². The van der Waals surface area contributed by atoms with Gasteiger partial charge in [0.2, 0.25) is 11.0 Å². The fourth-order valence-electron chi connectivity index (χ4n) is 1.40. The lowest BCUT2D eigenvalue weighted by atomic mass is 10.5. The van der Waals surface area contributed by atoms with E-state index in [0.29, 0.717) is 10.8 Å². The Kier molecular flexibility index (Phi) is 4.09. The summed E-state index contributed by atoms with van der Waals surface area (Å²) in [7, 11) is -3.17. The van der Waals surface area contributed by atoms with Crippen molar-refractivity contribution in [2.24, 2.45) is 0 Å². The predicted octanol–water partition coefficient (Wildman–Crippen LogP) is -0.379. The standard InChI is InChI=1S/C9H12N6O3S2/c1-6-11-13-9(19-6)10-8(16)4-15-3-7(12-14-15)5-20(2,17)18/h3H,4-5H2,1-2H3,(H,10,13,16). The Morgan fingerprint density at radius 1 is 1.40 bits per heavy atom. The summed E-state index contributed by atoms with van der Waals surface area (Å²) in [5.41, 5.74) is 0.298. The van der Waals surface area contributed by atoms with E-state index in [4.69, 9.17) is 0 Å². The van der Waals surface area contributed by atoms with Crippen molar-refractivity contribution in [3.63, 3.8) is 0 Å². The fourth-order valence-corrected chi connectivity index (χ4v) is 2.68. The third-order valence-electron chi connectivity index (χ3n) is 2.07. The Hall–Kier alpha value is -1.88. The van der Waals surface area contributed by atoms with Gasteiger partial charge < -0.3 is 0 Å². The Bertz CT molecular complexity index is 720. The number of hydrogen-bond acceptors (Lipinski definition) is 8. The average molecular weight is 316 g/mol. The first-order chi connectivity index (χ1) is 9.32. The van der Waals surface area contributed by atoms with E-state index in [1.807, 2.05) is 0 Å². The first kappa shape index (κ1) is 14.5. The largest absolute Gasteiger partial charge is 0.299 e. The van der Waals surface area contributed by atoms with Crippen LogP contribution in [0.5, 0.6) is 0 Å². The van der Waals surface area contributed by atoms with E-state index >= 15 is 0 Å². The van der Waals surface area contributed by atoms with Crippen LogP contribution >= 0.6 is 11.3 Å². The summed E-state index contributed by atoms with van der Waals surface area (Å²) >= 11 is 1.26. The number of carbonyl (C=O) groups is 1. The van der Waals surface area contributed by atoms with Gasteiger partial charge in [0, 0.05) is 6.26 Å². The first-order valence-electron chi connectivity index (χ1n) is 5.48. The van der Waals surface area contributed by atoms with Crippen LogP contribution in [0.3, 0.4) is 0 Å². The van der Waals surface area contributed by atoms with Crippen LogP contribution in [0, 0.1) is 6.92 Å². The van der Waals surface area contributed by atoms with Crippen molar-refractivity contribution >= 4 is 32.2 Å². The van der Waals surface area contributed by atoms with Gasteiger partial charge in [0.15, 0.2) is 9.84 Å². The van der Waals surface area contributed by atoms with Gasteiger partial charge in [-0.1, -0.05) is 16.6 Å². The zero-order valence-corrected chi connectivity index (χ0v) is 12.4. The number of nitrogens with one attached hydrogen (secondary N) is 1. The summed E-state index contributed by atoms with van der Waals surface area (Å²) in [6.07, 6.45) is 2.53. The van der Waals surface area contributed by atoms with Crippen molar-refractivity contribution in [3.05, 3.63) is 16.9 Å². The highest BCUT2D eigenvalue weighted by Gasteiger charge is 2.11. The van der Waals surface area contributed by atoms with E-state index in [0.717, 1.165) is 11.3 Å². The van der Waals surface area contributed by atoms with Crippen molar-refractivity contribution in [1.82, 2.24) is 25.2 Å². The smallest absolute Gasteiger partial charge is 0.247 e. The fraction of sp³-hybridized carbons (Fsp3) is 0.444. The minimum atomic E-state index is -3.17. The van der Waals surface area contributed by atoms with Crippen LogP contribution < -0.4 is 5.32 Å². The quantitative estimate of drug-likeness (QED) is 0.798. The molecule has 0 aromatic carbocycles. The highest BCUT2D eigenvalue weighted by atomic mass is 32.2. The van der Waals surface area contributed by atoms with Crippen molar-refractivity contribution in [1.29, 1.82) is 0 Å². The molecule has 0 aliphatic heterocycles. The molecule has 0 bridgehead atoms. The van der Waals surface area contributed by atoms with Gasteiger partial charge >= 0.3 is 0 Å². The molecular weight excluding hydrogens is 304 g/mol. The molecule has 0 spiro atoms. The molecule has 0 saturated heterocycles. The van der Waals surface area contributed by atoms with Gasteiger partial charge in [-0.25, -0.2) is 13.1 Å². The lowest BCUT2D eigenvalue weighted by Crippen LogP contribution is -2.19. The maximum Gasteiger partial charge on any atom is 0.247 e. The van der Waals surface area contributed by atoms with E-state index < -0.39 is 9.84 Å². The van der Waals surface area contributed by atoms with Crippen LogP contribution in [0.1, 0.15) is 10.7 Å². The lowest BCUT2D eigenvalue weighted by Gasteiger charge is -1.99. The van der Waals surface area contributed by atoms with Crippen LogP contribution in [-0.4, -0.2) is 45.8 Å². The third-order valence-corrected chi connectivity index (χ3v) is 3.65. The maximum atomic E-state index is 11.7. The molecule has 0 fully saturated rings. The van der Waals surface area contributed by atoms with Crippen molar-refractivity contribution in [3.8, 4) is 0 Å². The second kappa shape index (κ2) is 5.63. The molecule has 0 unspecified atom stereocenters. The number of aryl methyl sites for hydroxylation is 1. The van der Waals surface area contributed by atoms with E-state index in [-0.39, 0.29) is 18.2 Å². The van der Waals surface area contributed by atoms with Crippen LogP contribution in [0.2, 0.25) is 0 Å². The lowest BCUT2D eigenvalue weighted by molar-refractivity contribution is -0.116. The molecule has 2 rings (SSSR count). The molecule has 0 aliphatic carbocycles. The summed E-state index contributed by atoms with van der Waals surface area (Å²) in [4.78, 5) is 11.7. The van der Waals surface area contributed by atoms with Crippen molar-refractivity contribution in [2.75, 3.05) is 11.6 Å². The minimum Gasteiger partial charge on any atom is -0.299 e. The number of aromatic nitrogens is 5. The molecule has 0 atom stereocenters. The molecule has 20 heavy (non-hydrogen) atoms. The Balaban J connectivity index is 1.95. The van der Waals surface area contributed by atoms with Crippen LogP contribution in [0.15, 0.2) is 6.20 Å². The van der Waals surface area contributed by atoms with Crippen molar-refractivity contribution in [2.45, 2.75) is 19.2 Å². The normalized spacial score (nSPS) is 11.5. The first-order valence-corrected chi connectivity index (χ1v) is 8.36. The van der Waals surface area contributed by atoms with Gasteiger partial charge in [0.25, 0.3) is 0 Å². The number of sulfone groups is 1.